The molecule has 1 unspecified atom stereocenters. The summed E-state index contributed by atoms with van der Waals surface area (Å²) in [4.78, 5) is 10.4. The van der Waals surface area contributed by atoms with E-state index < -0.39 is 0 Å². The van der Waals surface area contributed by atoms with E-state index in [1.54, 1.807) is 0 Å². The number of nitrogens with one attached hydrogen (secondary N) is 1. The molecule has 0 amide bonds. The van der Waals surface area contributed by atoms with Gasteiger partial charge in [0, 0.05) is 49.4 Å². The van der Waals surface area contributed by atoms with E-state index in [4.69, 9.17) is 9.73 Å². The lowest BCUT2D eigenvalue weighted by atomic mass is 9.88. The number of thioether (sulfide) groups is 1. The Bertz CT molecular complexity index is 465. The van der Waals surface area contributed by atoms with Gasteiger partial charge in [-0.25, -0.2) is 0 Å². The summed E-state index contributed by atoms with van der Waals surface area (Å²) in [6, 6.07) is 0. The number of hydrogen-bond acceptors (Lipinski definition) is 4. The van der Waals surface area contributed by atoms with E-state index in [2.05, 4.69) is 47.6 Å². The zero-order valence-electron chi connectivity index (χ0n) is 17.4. The van der Waals surface area contributed by atoms with Crippen molar-refractivity contribution in [1.29, 1.82) is 0 Å². The quantitative estimate of drug-likeness (QED) is 0.349. The molecule has 0 bridgehead atoms. The Hall–Kier alpha value is 0.270. The first-order valence-electron chi connectivity index (χ1n) is 10.6. The van der Waals surface area contributed by atoms with Gasteiger partial charge in [0.2, 0.25) is 0 Å². The normalized spacial score (nSPS) is 26.9. The van der Waals surface area contributed by atoms with Crippen LogP contribution in [0.1, 0.15) is 46.5 Å². The van der Waals surface area contributed by atoms with Crippen LogP contribution < -0.4 is 5.32 Å². The Kier molecular flexibility index (Phi) is 9.99. The maximum atomic E-state index is 5.69. The Morgan fingerprint density at radius 3 is 2.56 bits per heavy atom. The Morgan fingerprint density at radius 1 is 1.22 bits per heavy atom. The third kappa shape index (κ3) is 6.12. The van der Waals surface area contributed by atoms with E-state index in [-0.39, 0.29) is 29.5 Å². The molecule has 0 saturated carbocycles. The van der Waals surface area contributed by atoms with Gasteiger partial charge in [0.05, 0.1) is 6.54 Å². The fraction of sp³-hybridized carbons (Fsp3) is 0.950. The van der Waals surface area contributed by atoms with Gasteiger partial charge in [-0.3, -0.25) is 9.89 Å². The monoisotopic (exact) mass is 510 g/mol. The second-order valence-corrected chi connectivity index (χ2v) is 9.65. The minimum Gasteiger partial charge on any atom is -0.381 e. The van der Waals surface area contributed by atoms with Crippen molar-refractivity contribution in [3.05, 3.63) is 0 Å². The third-order valence-electron chi connectivity index (χ3n) is 6.19. The fourth-order valence-corrected chi connectivity index (χ4v) is 5.73. The lowest BCUT2D eigenvalue weighted by Crippen LogP contribution is -2.54. The first-order chi connectivity index (χ1) is 12.6. The van der Waals surface area contributed by atoms with E-state index >= 15 is 0 Å². The van der Waals surface area contributed by atoms with Crippen molar-refractivity contribution in [2.75, 3.05) is 58.2 Å². The molecule has 0 aromatic rings. The molecule has 3 aliphatic rings. The molecule has 3 heterocycles. The van der Waals surface area contributed by atoms with E-state index in [1.807, 2.05) is 0 Å². The van der Waals surface area contributed by atoms with Crippen LogP contribution in [0, 0.1) is 5.92 Å². The van der Waals surface area contributed by atoms with Gasteiger partial charge in [-0.1, -0.05) is 13.8 Å². The number of nitrogens with zero attached hydrogens (tertiary/aromatic N) is 3. The van der Waals surface area contributed by atoms with E-state index in [1.165, 1.54) is 31.7 Å². The van der Waals surface area contributed by atoms with Crippen molar-refractivity contribution in [1.82, 2.24) is 15.1 Å². The molecule has 1 atom stereocenters. The average Bonchev–Trinajstić information content (AvgIpc) is 3.21. The van der Waals surface area contributed by atoms with Gasteiger partial charge in [-0.2, -0.15) is 11.8 Å². The van der Waals surface area contributed by atoms with Crippen LogP contribution in [0.5, 0.6) is 0 Å². The number of rotatable bonds is 5. The van der Waals surface area contributed by atoms with Gasteiger partial charge in [-0.05, 0) is 51.6 Å². The number of ether oxygens (including phenoxy) is 1. The van der Waals surface area contributed by atoms with E-state index in [0.29, 0.717) is 5.25 Å². The maximum Gasteiger partial charge on any atom is 0.194 e. The van der Waals surface area contributed by atoms with Crippen molar-refractivity contribution in [2.45, 2.75) is 57.2 Å². The summed E-state index contributed by atoms with van der Waals surface area (Å²) in [7, 11) is 0. The number of hydrogen-bond donors (Lipinski definition) is 1. The molecule has 0 radical (unpaired) electrons. The SMILES string of the molecule is CCNC(=NCC1(N2CCCC2)CCOCC1)N1CCSC(C(C)C)C1.I. The lowest BCUT2D eigenvalue weighted by Gasteiger charge is -2.44. The summed E-state index contributed by atoms with van der Waals surface area (Å²) < 4.78 is 5.69. The van der Waals surface area contributed by atoms with Crippen LogP contribution in [-0.2, 0) is 4.74 Å². The second-order valence-electron chi connectivity index (χ2n) is 8.30. The van der Waals surface area contributed by atoms with E-state index in [9.17, 15) is 0 Å². The van der Waals surface area contributed by atoms with Gasteiger partial charge >= 0.3 is 0 Å². The second kappa shape index (κ2) is 11.5. The van der Waals surface area contributed by atoms with Gasteiger partial charge < -0.3 is 15.0 Å². The number of aliphatic imine (C=N–C) groups is 1. The Balaban J connectivity index is 0.00000261. The highest BCUT2D eigenvalue weighted by atomic mass is 127. The lowest BCUT2D eigenvalue weighted by molar-refractivity contribution is -0.0139. The minimum atomic E-state index is 0. The Labute approximate surface area is 187 Å². The molecule has 0 aromatic heterocycles. The molecule has 3 saturated heterocycles. The minimum absolute atomic E-state index is 0. The zero-order valence-corrected chi connectivity index (χ0v) is 20.6. The highest BCUT2D eigenvalue weighted by molar-refractivity contribution is 14.0. The zero-order chi connectivity index (χ0) is 18.4. The van der Waals surface area contributed by atoms with Gasteiger partial charge in [0.1, 0.15) is 0 Å². The molecule has 7 heteroatoms. The van der Waals surface area contributed by atoms with Crippen molar-refractivity contribution in [2.24, 2.45) is 10.9 Å². The molecule has 27 heavy (non-hydrogen) atoms. The molecule has 3 fully saturated rings. The maximum absolute atomic E-state index is 5.69. The molecular weight excluding hydrogens is 471 g/mol. The summed E-state index contributed by atoms with van der Waals surface area (Å²) in [5.41, 5.74) is 0.220. The fourth-order valence-electron chi connectivity index (χ4n) is 4.44. The molecule has 5 nitrogen and oxygen atoms in total. The molecule has 3 rings (SSSR count). The first kappa shape index (κ1) is 23.5. The summed E-state index contributed by atoms with van der Waals surface area (Å²) in [5, 5.41) is 4.29. The largest absolute Gasteiger partial charge is 0.381 e. The molecule has 1 N–H and O–H groups in total. The summed E-state index contributed by atoms with van der Waals surface area (Å²) in [6.45, 7) is 15.2. The summed E-state index contributed by atoms with van der Waals surface area (Å²) in [5.74, 6) is 3.05. The van der Waals surface area contributed by atoms with Crippen molar-refractivity contribution in [3.63, 3.8) is 0 Å². The molecule has 3 aliphatic heterocycles. The molecule has 0 spiro atoms. The topological polar surface area (TPSA) is 40.1 Å². The van der Waals surface area contributed by atoms with Crippen LogP contribution in [-0.4, -0.2) is 84.8 Å². The van der Waals surface area contributed by atoms with Crippen LogP contribution in [0.15, 0.2) is 4.99 Å². The molecule has 158 valence electrons. The molecule has 0 aromatic carbocycles. The highest BCUT2D eigenvalue weighted by Gasteiger charge is 2.39. The van der Waals surface area contributed by atoms with Crippen molar-refractivity contribution in [3.8, 4) is 0 Å². The molecule has 0 aliphatic carbocycles. The van der Waals surface area contributed by atoms with Crippen LogP contribution in [0.25, 0.3) is 0 Å². The predicted octanol–water partition coefficient (Wildman–Crippen LogP) is 3.29. The summed E-state index contributed by atoms with van der Waals surface area (Å²) in [6.07, 6.45) is 4.93. The highest BCUT2D eigenvalue weighted by Crippen LogP contribution is 2.32. The van der Waals surface area contributed by atoms with Crippen molar-refractivity contribution < 1.29 is 4.74 Å². The van der Waals surface area contributed by atoms with Crippen LogP contribution in [0.4, 0.5) is 0 Å². The number of guanidine groups is 1. The number of halogens is 1. The van der Waals surface area contributed by atoms with Gasteiger partial charge in [0.15, 0.2) is 5.96 Å². The standard InChI is InChI=1S/C20H38N4OS.HI/c1-4-21-19(23-11-14-26-18(15-23)17(2)3)22-16-20(7-12-25-13-8-20)24-9-5-6-10-24;/h17-18H,4-16H2,1-3H3,(H,21,22);1H. The van der Waals surface area contributed by atoms with Crippen LogP contribution in [0.3, 0.4) is 0 Å². The third-order valence-corrected chi connectivity index (χ3v) is 7.73. The smallest absolute Gasteiger partial charge is 0.194 e. The average molecular weight is 511 g/mol. The van der Waals surface area contributed by atoms with Gasteiger partial charge in [0.25, 0.3) is 0 Å². The summed E-state index contributed by atoms with van der Waals surface area (Å²) >= 11 is 2.13. The van der Waals surface area contributed by atoms with Crippen LogP contribution in [0.2, 0.25) is 0 Å². The number of likely N-dealkylation sites (tertiary alicyclic amines) is 1. The van der Waals surface area contributed by atoms with Gasteiger partial charge in [-0.15, -0.1) is 24.0 Å². The first-order valence-corrected chi connectivity index (χ1v) is 11.7. The van der Waals surface area contributed by atoms with E-state index in [0.717, 1.165) is 64.1 Å². The Morgan fingerprint density at radius 2 is 1.93 bits per heavy atom. The predicted molar refractivity (Wildman–Crippen MR) is 128 cm³/mol. The molecular formula is C20H39IN4OS. The van der Waals surface area contributed by atoms with Crippen molar-refractivity contribution >= 4 is 41.7 Å². The van der Waals surface area contributed by atoms with Crippen LogP contribution >= 0.6 is 35.7 Å².